The molecule has 0 fully saturated rings. The zero-order chi connectivity index (χ0) is 11.7. The minimum atomic E-state index is 0.662. The molecular weight excluding hydrogens is 289 g/mol. The van der Waals surface area contributed by atoms with Crippen LogP contribution in [0.25, 0.3) is 0 Å². The Labute approximate surface area is 108 Å². The molecule has 0 aliphatic rings. The van der Waals surface area contributed by atoms with E-state index in [0.717, 1.165) is 21.8 Å². The van der Waals surface area contributed by atoms with E-state index in [4.69, 9.17) is 11.6 Å². The van der Waals surface area contributed by atoms with Crippen molar-refractivity contribution in [3.05, 3.63) is 39.6 Å². The van der Waals surface area contributed by atoms with Crippen LogP contribution in [0.15, 0.2) is 28.9 Å². The van der Waals surface area contributed by atoms with E-state index in [9.17, 15) is 0 Å². The molecule has 1 N–H and O–H groups in total. The van der Waals surface area contributed by atoms with Crippen LogP contribution in [0.3, 0.4) is 0 Å². The number of nitrogens with one attached hydrogen (secondary N) is 1. The average molecular weight is 301 g/mol. The van der Waals surface area contributed by atoms with Crippen LogP contribution in [0, 0.1) is 6.92 Å². The van der Waals surface area contributed by atoms with Crippen molar-refractivity contribution < 1.29 is 0 Å². The highest BCUT2D eigenvalue weighted by Crippen LogP contribution is 2.27. The molecular formula is C11H11BrClN3. The summed E-state index contributed by atoms with van der Waals surface area (Å²) in [5.74, 6) is 0.779. The van der Waals surface area contributed by atoms with Gasteiger partial charge in [-0.25, -0.2) is 4.98 Å². The summed E-state index contributed by atoms with van der Waals surface area (Å²) in [6.45, 7) is 1.95. The Kier molecular flexibility index (Phi) is 3.21. The molecule has 1 aromatic heterocycles. The Bertz CT molecular complexity index is 522. The second-order valence-corrected chi connectivity index (χ2v) is 4.89. The first kappa shape index (κ1) is 11.5. The Hall–Kier alpha value is -1.00. The first-order valence-corrected chi connectivity index (χ1v) is 5.95. The molecule has 0 saturated carbocycles. The summed E-state index contributed by atoms with van der Waals surface area (Å²) in [5, 5.41) is 3.85. The van der Waals surface area contributed by atoms with Crippen LogP contribution in [0.1, 0.15) is 5.69 Å². The molecule has 1 aromatic carbocycles. The quantitative estimate of drug-likeness (QED) is 0.912. The van der Waals surface area contributed by atoms with Gasteiger partial charge in [0.2, 0.25) is 5.95 Å². The van der Waals surface area contributed by atoms with Gasteiger partial charge in [0.05, 0.1) is 16.4 Å². The Morgan fingerprint density at radius 3 is 2.75 bits per heavy atom. The maximum absolute atomic E-state index is 6.11. The first-order valence-electron chi connectivity index (χ1n) is 4.78. The van der Waals surface area contributed by atoms with Crippen LogP contribution in [0.4, 0.5) is 11.6 Å². The summed E-state index contributed by atoms with van der Waals surface area (Å²) in [7, 11) is 1.94. The fourth-order valence-electron chi connectivity index (χ4n) is 1.44. The van der Waals surface area contributed by atoms with Crippen molar-refractivity contribution in [2.24, 2.45) is 7.05 Å². The number of hydrogen-bond donors (Lipinski definition) is 1. The van der Waals surface area contributed by atoms with E-state index >= 15 is 0 Å². The van der Waals surface area contributed by atoms with Crippen molar-refractivity contribution in [3.8, 4) is 0 Å². The molecule has 0 amide bonds. The van der Waals surface area contributed by atoms with Crippen LogP contribution < -0.4 is 5.32 Å². The number of rotatable bonds is 2. The van der Waals surface area contributed by atoms with E-state index in [2.05, 4.69) is 26.2 Å². The number of hydrogen-bond acceptors (Lipinski definition) is 2. The molecule has 0 atom stereocenters. The summed E-state index contributed by atoms with van der Waals surface area (Å²) in [4.78, 5) is 4.35. The van der Waals surface area contributed by atoms with Crippen LogP contribution in [-0.4, -0.2) is 9.55 Å². The van der Waals surface area contributed by atoms with Gasteiger partial charge in [-0.1, -0.05) is 27.5 Å². The minimum Gasteiger partial charge on any atom is -0.324 e. The van der Waals surface area contributed by atoms with Gasteiger partial charge >= 0.3 is 0 Å². The molecule has 0 unspecified atom stereocenters. The third-order valence-electron chi connectivity index (χ3n) is 2.17. The normalized spacial score (nSPS) is 10.5. The second kappa shape index (κ2) is 4.47. The lowest BCUT2D eigenvalue weighted by Crippen LogP contribution is -1.98. The number of anilines is 2. The van der Waals surface area contributed by atoms with Gasteiger partial charge in [-0.3, -0.25) is 0 Å². The first-order chi connectivity index (χ1) is 7.56. The number of benzene rings is 1. The number of imidazole rings is 1. The highest BCUT2D eigenvalue weighted by molar-refractivity contribution is 9.10. The average Bonchev–Trinajstić information content (AvgIpc) is 2.50. The maximum atomic E-state index is 6.11. The van der Waals surface area contributed by atoms with Gasteiger partial charge in [0.15, 0.2) is 0 Å². The van der Waals surface area contributed by atoms with E-state index in [1.54, 1.807) is 0 Å². The van der Waals surface area contributed by atoms with E-state index < -0.39 is 0 Å². The molecule has 1 heterocycles. The third kappa shape index (κ3) is 2.39. The molecule has 0 radical (unpaired) electrons. The highest BCUT2D eigenvalue weighted by Gasteiger charge is 2.05. The molecule has 0 saturated heterocycles. The maximum Gasteiger partial charge on any atom is 0.207 e. The highest BCUT2D eigenvalue weighted by atomic mass is 79.9. The van der Waals surface area contributed by atoms with Crippen molar-refractivity contribution in [1.29, 1.82) is 0 Å². The Balaban J connectivity index is 2.30. The lowest BCUT2D eigenvalue weighted by Gasteiger charge is -2.07. The van der Waals surface area contributed by atoms with Gasteiger partial charge in [-0.15, -0.1) is 0 Å². The van der Waals surface area contributed by atoms with Crippen LogP contribution in [0.5, 0.6) is 0 Å². The summed E-state index contributed by atoms with van der Waals surface area (Å²) in [5.41, 5.74) is 1.82. The fourth-order valence-corrected chi connectivity index (χ4v) is 2.16. The predicted molar refractivity (Wildman–Crippen MR) is 70.4 cm³/mol. The van der Waals surface area contributed by atoms with Gasteiger partial charge in [-0.05, 0) is 25.1 Å². The smallest absolute Gasteiger partial charge is 0.207 e. The van der Waals surface area contributed by atoms with Crippen molar-refractivity contribution >= 4 is 39.2 Å². The zero-order valence-electron chi connectivity index (χ0n) is 8.96. The molecule has 3 nitrogen and oxygen atoms in total. The largest absolute Gasteiger partial charge is 0.324 e. The molecule has 5 heteroatoms. The summed E-state index contributed by atoms with van der Waals surface area (Å²) >= 11 is 9.48. The fraction of sp³-hybridized carbons (Fsp3) is 0.182. The molecule has 2 rings (SSSR count). The SMILES string of the molecule is Cc1cn(C)c(Nc2ccc(Br)cc2Cl)n1. The van der Waals surface area contributed by atoms with Gasteiger partial charge in [0, 0.05) is 17.7 Å². The van der Waals surface area contributed by atoms with Crippen molar-refractivity contribution in [2.75, 3.05) is 5.32 Å². The van der Waals surface area contributed by atoms with Gasteiger partial charge in [0.1, 0.15) is 0 Å². The lowest BCUT2D eigenvalue weighted by molar-refractivity contribution is 0.924. The van der Waals surface area contributed by atoms with E-state index in [-0.39, 0.29) is 0 Å². The number of halogens is 2. The topological polar surface area (TPSA) is 29.9 Å². The van der Waals surface area contributed by atoms with Gasteiger partial charge in [0.25, 0.3) is 0 Å². The van der Waals surface area contributed by atoms with E-state index in [1.807, 2.05) is 42.9 Å². The van der Waals surface area contributed by atoms with Crippen molar-refractivity contribution in [1.82, 2.24) is 9.55 Å². The number of aromatic nitrogens is 2. The number of nitrogens with zero attached hydrogens (tertiary/aromatic N) is 2. The zero-order valence-corrected chi connectivity index (χ0v) is 11.3. The summed E-state index contributed by atoms with van der Waals surface area (Å²) in [6.07, 6.45) is 1.95. The van der Waals surface area contributed by atoms with Gasteiger partial charge in [-0.2, -0.15) is 0 Å². The lowest BCUT2D eigenvalue weighted by atomic mass is 10.3. The second-order valence-electron chi connectivity index (χ2n) is 3.57. The van der Waals surface area contributed by atoms with Gasteiger partial charge < -0.3 is 9.88 Å². The molecule has 0 aliphatic heterocycles. The molecule has 0 aliphatic carbocycles. The molecule has 0 bridgehead atoms. The summed E-state index contributed by atoms with van der Waals surface area (Å²) < 4.78 is 2.88. The van der Waals surface area contributed by atoms with Crippen LogP contribution in [-0.2, 0) is 7.05 Å². The summed E-state index contributed by atoms with van der Waals surface area (Å²) in [6, 6.07) is 5.69. The third-order valence-corrected chi connectivity index (χ3v) is 2.98. The molecule has 84 valence electrons. The molecule has 16 heavy (non-hydrogen) atoms. The van der Waals surface area contributed by atoms with E-state index in [1.165, 1.54) is 0 Å². The standard InChI is InChI=1S/C11H11BrClN3/c1-7-6-16(2)11(14-7)15-10-4-3-8(12)5-9(10)13/h3-6H,1-2H3,(H,14,15). The van der Waals surface area contributed by atoms with E-state index in [0.29, 0.717) is 5.02 Å². The predicted octanol–water partition coefficient (Wildman–Crippen LogP) is 3.89. The van der Waals surface area contributed by atoms with Crippen molar-refractivity contribution in [3.63, 3.8) is 0 Å². The number of aryl methyl sites for hydroxylation is 2. The van der Waals surface area contributed by atoms with Crippen LogP contribution in [0.2, 0.25) is 5.02 Å². The Morgan fingerprint density at radius 1 is 1.44 bits per heavy atom. The molecule has 0 spiro atoms. The van der Waals surface area contributed by atoms with Crippen molar-refractivity contribution in [2.45, 2.75) is 6.92 Å². The monoisotopic (exact) mass is 299 g/mol. The Morgan fingerprint density at radius 2 is 2.19 bits per heavy atom. The van der Waals surface area contributed by atoms with Crippen LogP contribution >= 0.6 is 27.5 Å². The minimum absolute atomic E-state index is 0.662. The molecule has 2 aromatic rings.